The Labute approximate surface area is 173 Å². The molecule has 0 spiro atoms. The molecule has 3 aromatic rings. The van der Waals surface area contributed by atoms with Crippen molar-refractivity contribution in [3.05, 3.63) is 101 Å². The third-order valence-electron chi connectivity index (χ3n) is 5.53. The quantitative estimate of drug-likeness (QED) is 0.707. The van der Waals surface area contributed by atoms with Crippen LogP contribution in [0.15, 0.2) is 89.2 Å². The molecule has 0 saturated heterocycles. The minimum atomic E-state index is -0.409. The number of phenols is 2. The number of aliphatic imine (C=N–C) groups is 1. The van der Waals surface area contributed by atoms with E-state index >= 15 is 0 Å². The molecule has 3 heterocycles. The highest BCUT2D eigenvalue weighted by molar-refractivity contribution is 6.22. The highest BCUT2D eigenvalue weighted by Crippen LogP contribution is 2.44. The molecule has 0 radical (unpaired) electrons. The van der Waals surface area contributed by atoms with Crippen LogP contribution < -0.4 is 0 Å². The molecule has 0 unspecified atom stereocenters. The van der Waals surface area contributed by atoms with Crippen LogP contribution in [-0.4, -0.2) is 38.3 Å². The Morgan fingerprint density at radius 2 is 1.80 bits per heavy atom. The first kappa shape index (κ1) is 18.1. The fraction of sp³-hybridized carbons (Fsp3) is 0.125. The molecule has 2 aliphatic heterocycles. The van der Waals surface area contributed by atoms with Gasteiger partial charge in [-0.15, -0.1) is 0 Å². The standard InChI is InChI=1S/C24H19N3O3/c28-17-5-3-4-16(12-17)23-21-19(13-26-22(21)18-6-1-2-7-20(18)29)24(30)27(23)14-15-8-10-25-11-9-15/h1-12,23,28-29H,13-14H2/t23-/m0/s1. The molecule has 0 saturated carbocycles. The smallest absolute Gasteiger partial charge is 0.253 e. The number of hydrogen-bond donors (Lipinski definition) is 2. The van der Waals surface area contributed by atoms with E-state index < -0.39 is 6.04 Å². The Bertz CT molecular complexity index is 1200. The summed E-state index contributed by atoms with van der Waals surface area (Å²) in [6.07, 6.45) is 3.41. The maximum Gasteiger partial charge on any atom is 0.253 e. The molecule has 148 valence electrons. The Kier molecular flexibility index (Phi) is 4.32. The zero-order chi connectivity index (χ0) is 20.7. The zero-order valence-corrected chi connectivity index (χ0v) is 16.1. The SMILES string of the molecule is O=C1C2=C(C(c3ccccc3O)=NC2)[C@H](c2cccc(O)c2)N1Cc1ccncc1. The average molecular weight is 397 g/mol. The van der Waals surface area contributed by atoms with E-state index in [1.165, 1.54) is 0 Å². The first-order valence-corrected chi connectivity index (χ1v) is 9.68. The number of carbonyl (C=O) groups excluding carboxylic acids is 1. The molecule has 6 nitrogen and oxygen atoms in total. The predicted octanol–water partition coefficient (Wildman–Crippen LogP) is 3.38. The lowest BCUT2D eigenvalue weighted by Crippen LogP contribution is -2.31. The molecule has 1 amide bonds. The van der Waals surface area contributed by atoms with E-state index in [1.54, 1.807) is 53.7 Å². The summed E-state index contributed by atoms with van der Waals surface area (Å²) in [5.74, 6) is 0.181. The molecular formula is C24H19N3O3. The van der Waals surface area contributed by atoms with Crippen molar-refractivity contribution in [1.29, 1.82) is 0 Å². The largest absolute Gasteiger partial charge is 0.508 e. The van der Waals surface area contributed by atoms with Gasteiger partial charge in [0.2, 0.25) is 0 Å². The molecule has 1 aromatic heterocycles. The minimum absolute atomic E-state index is 0.0793. The third kappa shape index (κ3) is 2.93. The highest BCUT2D eigenvalue weighted by atomic mass is 16.3. The van der Waals surface area contributed by atoms with Gasteiger partial charge in [-0.1, -0.05) is 24.3 Å². The van der Waals surface area contributed by atoms with Gasteiger partial charge in [-0.2, -0.15) is 0 Å². The van der Waals surface area contributed by atoms with E-state index in [9.17, 15) is 15.0 Å². The van der Waals surface area contributed by atoms with Crippen molar-refractivity contribution < 1.29 is 15.0 Å². The molecule has 2 aromatic carbocycles. The van der Waals surface area contributed by atoms with Crippen LogP contribution in [0.5, 0.6) is 11.5 Å². The number of benzene rings is 2. The van der Waals surface area contributed by atoms with Crippen molar-refractivity contribution in [2.45, 2.75) is 12.6 Å². The van der Waals surface area contributed by atoms with E-state index in [0.717, 1.165) is 16.7 Å². The van der Waals surface area contributed by atoms with Crippen LogP contribution in [0.4, 0.5) is 0 Å². The van der Waals surface area contributed by atoms with Crippen molar-refractivity contribution in [2.75, 3.05) is 6.54 Å². The van der Waals surface area contributed by atoms with Crippen LogP contribution in [0.25, 0.3) is 0 Å². The van der Waals surface area contributed by atoms with Gasteiger partial charge in [-0.25, -0.2) is 0 Å². The normalized spacial score (nSPS) is 18.0. The van der Waals surface area contributed by atoms with Crippen molar-refractivity contribution >= 4 is 11.6 Å². The fourth-order valence-corrected chi connectivity index (χ4v) is 4.19. The number of carbonyl (C=O) groups is 1. The van der Waals surface area contributed by atoms with Crippen LogP contribution in [0, 0.1) is 0 Å². The molecule has 2 N–H and O–H groups in total. The highest BCUT2D eigenvalue weighted by Gasteiger charge is 2.44. The second kappa shape index (κ2) is 7.15. The average Bonchev–Trinajstić information content (AvgIpc) is 3.29. The van der Waals surface area contributed by atoms with Gasteiger partial charge in [0, 0.05) is 35.6 Å². The molecule has 30 heavy (non-hydrogen) atoms. The van der Waals surface area contributed by atoms with Gasteiger partial charge < -0.3 is 15.1 Å². The lowest BCUT2D eigenvalue weighted by atomic mass is 9.91. The van der Waals surface area contributed by atoms with Gasteiger partial charge in [0.1, 0.15) is 11.5 Å². The number of amides is 1. The Morgan fingerprint density at radius 1 is 1.00 bits per heavy atom. The van der Waals surface area contributed by atoms with Gasteiger partial charge in [0.25, 0.3) is 5.91 Å². The van der Waals surface area contributed by atoms with Crippen LogP contribution in [0.1, 0.15) is 22.7 Å². The summed E-state index contributed by atoms with van der Waals surface area (Å²) in [5.41, 5.74) is 4.42. The molecule has 5 rings (SSSR count). The first-order chi connectivity index (χ1) is 14.6. The molecule has 2 aliphatic rings. The summed E-state index contributed by atoms with van der Waals surface area (Å²) in [5, 5.41) is 20.5. The third-order valence-corrected chi connectivity index (χ3v) is 5.53. The summed E-state index contributed by atoms with van der Waals surface area (Å²) < 4.78 is 0. The number of aromatic nitrogens is 1. The van der Waals surface area contributed by atoms with E-state index in [1.807, 2.05) is 24.3 Å². The molecule has 0 aliphatic carbocycles. The van der Waals surface area contributed by atoms with E-state index in [0.29, 0.717) is 23.4 Å². The number of para-hydroxylation sites is 1. The van der Waals surface area contributed by atoms with Crippen LogP contribution in [0.3, 0.4) is 0 Å². The van der Waals surface area contributed by atoms with Crippen molar-refractivity contribution in [1.82, 2.24) is 9.88 Å². The number of phenolic OH excluding ortho intramolecular Hbond substituents is 2. The van der Waals surface area contributed by atoms with Crippen LogP contribution in [0.2, 0.25) is 0 Å². The number of aromatic hydroxyl groups is 2. The van der Waals surface area contributed by atoms with Crippen molar-refractivity contribution in [3.63, 3.8) is 0 Å². The number of rotatable bonds is 4. The van der Waals surface area contributed by atoms with Crippen molar-refractivity contribution in [3.8, 4) is 11.5 Å². The maximum atomic E-state index is 13.4. The summed E-state index contributed by atoms with van der Waals surface area (Å²) in [6, 6.07) is 17.3. The second-order valence-electron chi connectivity index (χ2n) is 7.36. The van der Waals surface area contributed by atoms with Gasteiger partial charge in [0.15, 0.2) is 0 Å². The lowest BCUT2D eigenvalue weighted by molar-refractivity contribution is -0.127. The first-order valence-electron chi connectivity index (χ1n) is 9.68. The zero-order valence-electron chi connectivity index (χ0n) is 16.1. The number of pyridine rings is 1. The summed E-state index contributed by atoms with van der Waals surface area (Å²) in [7, 11) is 0. The molecule has 6 heteroatoms. The maximum absolute atomic E-state index is 13.4. The Morgan fingerprint density at radius 3 is 2.57 bits per heavy atom. The summed E-state index contributed by atoms with van der Waals surface area (Å²) in [6.45, 7) is 0.683. The second-order valence-corrected chi connectivity index (χ2v) is 7.36. The minimum Gasteiger partial charge on any atom is -0.508 e. The van der Waals surface area contributed by atoms with E-state index in [-0.39, 0.29) is 24.0 Å². The Balaban J connectivity index is 1.63. The molecular weight excluding hydrogens is 378 g/mol. The van der Waals surface area contributed by atoms with Crippen LogP contribution >= 0.6 is 0 Å². The molecule has 0 fully saturated rings. The summed E-state index contributed by atoms with van der Waals surface area (Å²) in [4.78, 5) is 23.8. The topological polar surface area (TPSA) is 86.0 Å². The van der Waals surface area contributed by atoms with Gasteiger partial charge >= 0.3 is 0 Å². The Hall–Kier alpha value is -3.93. The monoisotopic (exact) mass is 397 g/mol. The van der Waals surface area contributed by atoms with Gasteiger partial charge in [0.05, 0.1) is 18.3 Å². The fourth-order valence-electron chi connectivity index (χ4n) is 4.19. The molecule has 0 bridgehead atoms. The van der Waals surface area contributed by atoms with E-state index in [4.69, 9.17) is 0 Å². The van der Waals surface area contributed by atoms with Gasteiger partial charge in [-0.05, 0) is 47.5 Å². The number of hydrogen-bond acceptors (Lipinski definition) is 5. The predicted molar refractivity (Wildman–Crippen MR) is 112 cm³/mol. The van der Waals surface area contributed by atoms with Gasteiger partial charge in [-0.3, -0.25) is 14.8 Å². The molecule has 1 atom stereocenters. The lowest BCUT2D eigenvalue weighted by Gasteiger charge is -2.29. The van der Waals surface area contributed by atoms with Crippen LogP contribution in [-0.2, 0) is 11.3 Å². The van der Waals surface area contributed by atoms with E-state index in [2.05, 4.69) is 9.98 Å². The number of nitrogens with zero attached hydrogens (tertiary/aromatic N) is 3. The summed E-state index contributed by atoms with van der Waals surface area (Å²) >= 11 is 0. The van der Waals surface area contributed by atoms with Crippen molar-refractivity contribution in [2.24, 2.45) is 4.99 Å².